The highest BCUT2D eigenvalue weighted by Crippen LogP contribution is 2.25. The van der Waals surface area contributed by atoms with Crippen LogP contribution in [-0.4, -0.2) is 37.1 Å². The van der Waals surface area contributed by atoms with E-state index in [-0.39, 0.29) is 0 Å². The molecule has 3 heteroatoms. The lowest BCUT2D eigenvalue weighted by atomic mass is 9.92. The van der Waals surface area contributed by atoms with Gasteiger partial charge in [0.15, 0.2) is 0 Å². The van der Waals surface area contributed by atoms with Crippen LogP contribution in [0, 0.1) is 5.92 Å². The largest absolute Gasteiger partial charge is 0.489 e. The second kappa shape index (κ2) is 8.03. The Hall–Kier alpha value is -1.84. The van der Waals surface area contributed by atoms with Gasteiger partial charge in [-0.2, -0.15) is 0 Å². The van der Waals surface area contributed by atoms with Gasteiger partial charge in [0.1, 0.15) is 12.4 Å². The van der Waals surface area contributed by atoms with E-state index in [4.69, 9.17) is 4.74 Å². The van der Waals surface area contributed by atoms with Crippen LogP contribution in [0.1, 0.15) is 24.0 Å². The Bertz CT molecular complexity index is 655. The molecule has 2 saturated heterocycles. The number of fused-ring (bicyclic) bond motifs is 1. The molecule has 0 aromatic heterocycles. The summed E-state index contributed by atoms with van der Waals surface area (Å²) in [5.74, 6) is 1.88. The number of nitrogens with zero attached hydrogens (tertiary/aromatic N) is 1. The Morgan fingerprint density at radius 2 is 1.80 bits per heavy atom. The van der Waals surface area contributed by atoms with Gasteiger partial charge >= 0.3 is 0 Å². The highest BCUT2D eigenvalue weighted by Gasteiger charge is 2.32. The van der Waals surface area contributed by atoms with Crippen molar-refractivity contribution in [2.45, 2.75) is 31.9 Å². The third-order valence-electron chi connectivity index (χ3n) is 5.65. The van der Waals surface area contributed by atoms with E-state index >= 15 is 0 Å². The average molecular weight is 336 g/mol. The molecule has 2 fully saturated rings. The van der Waals surface area contributed by atoms with Crippen LogP contribution in [0.2, 0.25) is 0 Å². The highest BCUT2D eigenvalue weighted by atomic mass is 16.5. The summed E-state index contributed by atoms with van der Waals surface area (Å²) in [6, 6.07) is 19.7. The zero-order valence-corrected chi connectivity index (χ0v) is 14.9. The van der Waals surface area contributed by atoms with E-state index in [0.29, 0.717) is 6.61 Å². The maximum atomic E-state index is 5.87. The average Bonchev–Trinajstić information content (AvgIpc) is 3.14. The van der Waals surface area contributed by atoms with Crippen LogP contribution in [0.15, 0.2) is 54.6 Å². The molecule has 0 bridgehead atoms. The van der Waals surface area contributed by atoms with Crippen LogP contribution in [0.25, 0.3) is 0 Å². The van der Waals surface area contributed by atoms with Crippen molar-refractivity contribution in [2.75, 3.05) is 26.2 Å². The minimum atomic E-state index is 0.628. The fourth-order valence-corrected chi connectivity index (χ4v) is 4.08. The second-order valence-corrected chi connectivity index (χ2v) is 7.37. The first kappa shape index (κ1) is 16.6. The lowest BCUT2D eigenvalue weighted by Gasteiger charge is -2.34. The number of benzene rings is 2. The van der Waals surface area contributed by atoms with Gasteiger partial charge in [0.25, 0.3) is 0 Å². The third kappa shape index (κ3) is 4.42. The maximum Gasteiger partial charge on any atom is 0.119 e. The van der Waals surface area contributed by atoms with Crippen molar-refractivity contribution in [1.29, 1.82) is 0 Å². The Kier molecular flexibility index (Phi) is 5.34. The molecular weight excluding hydrogens is 308 g/mol. The molecule has 0 amide bonds. The summed E-state index contributed by atoms with van der Waals surface area (Å²) >= 11 is 0. The molecule has 2 heterocycles. The lowest BCUT2D eigenvalue weighted by molar-refractivity contribution is 0.168. The van der Waals surface area contributed by atoms with Gasteiger partial charge < -0.3 is 15.0 Å². The summed E-state index contributed by atoms with van der Waals surface area (Å²) in [5.41, 5.74) is 2.60. The van der Waals surface area contributed by atoms with Crippen LogP contribution in [0.3, 0.4) is 0 Å². The van der Waals surface area contributed by atoms with Crippen LogP contribution in [0.4, 0.5) is 0 Å². The molecule has 2 unspecified atom stereocenters. The molecule has 2 aromatic rings. The highest BCUT2D eigenvalue weighted by molar-refractivity contribution is 5.28. The molecule has 132 valence electrons. The molecule has 3 nitrogen and oxygen atoms in total. The summed E-state index contributed by atoms with van der Waals surface area (Å²) < 4.78 is 5.87. The van der Waals surface area contributed by atoms with Gasteiger partial charge in [-0.15, -0.1) is 0 Å². The molecule has 2 aliphatic rings. The molecule has 0 spiro atoms. The van der Waals surface area contributed by atoms with E-state index in [1.807, 2.05) is 18.2 Å². The minimum Gasteiger partial charge on any atom is -0.489 e. The fraction of sp³-hybridized carbons (Fsp3) is 0.455. The van der Waals surface area contributed by atoms with E-state index in [9.17, 15) is 0 Å². The number of likely N-dealkylation sites (tertiary alicyclic amines) is 1. The lowest BCUT2D eigenvalue weighted by Crippen LogP contribution is -2.46. The molecule has 25 heavy (non-hydrogen) atoms. The van der Waals surface area contributed by atoms with Crippen LogP contribution < -0.4 is 10.1 Å². The molecular formula is C22H28N2O. The first-order chi connectivity index (χ1) is 12.4. The number of hydrogen-bond donors (Lipinski definition) is 1. The zero-order valence-electron chi connectivity index (χ0n) is 14.9. The summed E-state index contributed by atoms with van der Waals surface area (Å²) in [6.45, 7) is 5.50. The Labute approximate surface area is 151 Å². The van der Waals surface area contributed by atoms with Gasteiger partial charge in [-0.1, -0.05) is 42.5 Å². The van der Waals surface area contributed by atoms with Gasteiger partial charge in [-0.3, -0.25) is 0 Å². The Balaban J connectivity index is 1.23. The molecule has 2 aromatic carbocycles. The predicted octanol–water partition coefficient (Wildman–Crippen LogP) is 3.49. The molecule has 0 saturated carbocycles. The Morgan fingerprint density at radius 3 is 2.64 bits per heavy atom. The summed E-state index contributed by atoms with van der Waals surface area (Å²) in [5, 5.41) is 3.66. The normalized spacial score (nSPS) is 23.4. The topological polar surface area (TPSA) is 24.5 Å². The molecule has 0 radical (unpaired) electrons. The van der Waals surface area contributed by atoms with E-state index in [2.05, 4.69) is 46.6 Å². The number of ether oxygens (including phenoxy) is 1. The van der Waals surface area contributed by atoms with E-state index in [0.717, 1.165) is 30.7 Å². The van der Waals surface area contributed by atoms with Crippen molar-refractivity contribution in [2.24, 2.45) is 5.92 Å². The van der Waals surface area contributed by atoms with Gasteiger partial charge in [0, 0.05) is 19.1 Å². The SMILES string of the molecule is c1ccc(COc2ccc(CCN3CCC4CCNC4C3)cc2)cc1. The van der Waals surface area contributed by atoms with Crippen molar-refractivity contribution in [3.63, 3.8) is 0 Å². The maximum absolute atomic E-state index is 5.87. The second-order valence-electron chi connectivity index (χ2n) is 7.37. The van der Waals surface area contributed by atoms with Gasteiger partial charge in [-0.25, -0.2) is 0 Å². The van der Waals surface area contributed by atoms with Gasteiger partial charge in [0.2, 0.25) is 0 Å². The Morgan fingerprint density at radius 1 is 0.960 bits per heavy atom. The smallest absolute Gasteiger partial charge is 0.119 e. The van der Waals surface area contributed by atoms with Crippen LogP contribution >= 0.6 is 0 Å². The van der Waals surface area contributed by atoms with E-state index in [1.54, 1.807) is 0 Å². The monoisotopic (exact) mass is 336 g/mol. The van der Waals surface area contributed by atoms with E-state index in [1.165, 1.54) is 43.6 Å². The van der Waals surface area contributed by atoms with Crippen LogP contribution in [-0.2, 0) is 13.0 Å². The first-order valence-corrected chi connectivity index (χ1v) is 9.58. The first-order valence-electron chi connectivity index (χ1n) is 9.58. The van der Waals surface area contributed by atoms with Gasteiger partial charge in [0.05, 0.1) is 0 Å². The molecule has 2 aliphatic heterocycles. The molecule has 4 rings (SSSR count). The van der Waals surface area contributed by atoms with Crippen molar-refractivity contribution >= 4 is 0 Å². The summed E-state index contributed by atoms with van der Waals surface area (Å²) in [4.78, 5) is 2.62. The number of hydrogen-bond acceptors (Lipinski definition) is 3. The van der Waals surface area contributed by atoms with Crippen LogP contribution in [0.5, 0.6) is 5.75 Å². The molecule has 1 N–H and O–H groups in total. The summed E-state index contributed by atoms with van der Waals surface area (Å²) in [6.07, 6.45) is 3.86. The number of piperidine rings is 1. The van der Waals surface area contributed by atoms with Crippen molar-refractivity contribution in [3.8, 4) is 5.75 Å². The number of rotatable bonds is 6. The van der Waals surface area contributed by atoms with Crippen molar-refractivity contribution in [1.82, 2.24) is 10.2 Å². The minimum absolute atomic E-state index is 0.628. The van der Waals surface area contributed by atoms with Crippen molar-refractivity contribution in [3.05, 3.63) is 65.7 Å². The summed E-state index contributed by atoms with van der Waals surface area (Å²) in [7, 11) is 0. The molecule has 2 atom stereocenters. The standard InChI is InChI=1S/C22H28N2O/c1-2-4-19(5-3-1)17-25-21-8-6-18(7-9-21)11-14-24-15-12-20-10-13-23-22(20)16-24/h1-9,20,22-23H,10-17H2. The van der Waals surface area contributed by atoms with E-state index < -0.39 is 0 Å². The fourth-order valence-electron chi connectivity index (χ4n) is 4.08. The third-order valence-corrected chi connectivity index (χ3v) is 5.65. The van der Waals surface area contributed by atoms with Gasteiger partial charge in [-0.05, 0) is 61.5 Å². The zero-order chi connectivity index (χ0) is 16.9. The predicted molar refractivity (Wildman–Crippen MR) is 102 cm³/mol. The quantitative estimate of drug-likeness (QED) is 0.874. The van der Waals surface area contributed by atoms with Crippen molar-refractivity contribution < 1.29 is 4.74 Å². The molecule has 0 aliphatic carbocycles. The number of nitrogens with one attached hydrogen (secondary N) is 1.